The molecule has 0 atom stereocenters. The maximum Gasteiger partial charge on any atom is 0.216 e. The van der Waals surface area contributed by atoms with Crippen molar-refractivity contribution in [1.29, 1.82) is 0 Å². The SMILES string of the molecule is [2H]C([2H])(c1cc(-c2[c-]cccc2)nc[c]1[Ge]([CH3])([CH3])[CH3])C(C)(C)C.[2H]C([2H])(c1ccnc(-c2[c-]ccc3c2oc2nc(-c4ccccc4)ccc23)c1)C(C)C.[Ir]. The molecule has 1 radical (unpaired) electrons. The zero-order valence-corrected chi connectivity index (χ0v) is 35.0. The molecule has 4 aromatic heterocycles. The number of fused-ring (bicyclic) bond motifs is 3. The fourth-order valence-electron chi connectivity index (χ4n) is 5.83. The van der Waals surface area contributed by atoms with Crippen LogP contribution in [0.25, 0.3) is 55.8 Å². The second-order valence-corrected chi connectivity index (χ2v) is 25.4. The van der Waals surface area contributed by atoms with Crippen LogP contribution in [0.4, 0.5) is 0 Å². The quantitative estimate of drug-likeness (QED) is 0.118. The Hall–Kier alpha value is -3.90. The van der Waals surface area contributed by atoms with Crippen LogP contribution in [0, 0.1) is 23.5 Å². The van der Waals surface area contributed by atoms with Gasteiger partial charge in [-0.25, -0.2) is 4.98 Å². The van der Waals surface area contributed by atoms with E-state index in [1.54, 1.807) is 18.3 Å². The Morgan fingerprint density at radius 3 is 2.25 bits per heavy atom. The van der Waals surface area contributed by atoms with E-state index in [0.717, 1.165) is 43.2 Å². The first-order chi connectivity index (χ1) is 25.4. The van der Waals surface area contributed by atoms with Crippen molar-refractivity contribution in [1.82, 2.24) is 15.0 Å². The summed E-state index contributed by atoms with van der Waals surface area (Å²) in [7, 11) is 0. The first kappa shape index (κ1) is 33.0. The Morgan fingerprint density at radius 2 is 1.57 bits per heavy atom. The van der Waals surface area contributed by atoms with Gasteiger partial charge in [-0.1, -0.05) is 66.8 Å². The minimum atomic E-state index is -2.24. The summed E-state index contributed by atoms with van der Waals surface area (Å²) in [6, 6.07) is 37.5. The van der Waals surface area contributed by atoms with Gasteiger partial charge in [-0.15, -0.1) is 18.2 Å². The predicted molar refractivity (Wildman–Crippen MR) is 212 cm³/mol. The maximum atomic E-state index is 8.76. The van der Waals surface area contributed by atoms with E-state index in [4.69, 9.17) is 14.9 Å². The molecule has 0 aliphatic carbocycles. The van der Waals surface area contributed by atoms with Crippen molar-refractivity contribution < 1.29 is 30.0 Å². The van der Waals surface area contributed by atoms with Crippen molar-refractivity contribution in [3.05, 3.63) is 133 Å². The summed E-state index contributed by atoms with van der Waals surface area (Å²) >= 11 is -2.24. The Balaban J connectivity index is 0.000000217. The van der Waals surface area contributed by atoms with Crippen molar-refractivity contribution in [2.75, 3.05) is 0 Å². The molecule has 4 heterocycles. The zero-order valence-electron chi connectivity index (χ0n) is 34.6. The molecule has 0 aliphatic heterocycles. The number of hydrogen-bond acceptors (Lipinski definition) is 4. The second kappa shape index (κ2) is 16.2. The molecule has 0 aliphatic rings. The van der Waals surface area contributed by atoms with Gasteiger partial charge in [-0.05, 0) is 36.2 Å². The largest absolute Gasteiger partial charge is 0.486 e. The third kappa shape index (κ3) is 9.51. The number of benzene rings is 3. The number of rotatable bonds is 7. The standard InChI is InChI=1S/C26H21N2O.C19H26GeN.Ir/c1-17(2)15-18-13-14-27-24(16-18)22-10-6-9-20-21-11-12-23(19-7-4-3-5-8-19)28-26(21)29-25(20)22;1-19(2,3)13-16-12-18(15-10-8-7-9-11-15)21-14-17(16)20(4,5)6;/h3-9,11-14,16-17H,15H2,1-2H3;7-10,12,14H,13H2,1-6H3;/q2*-1;/i15D2;13D2;. The molecule has 7 aromatic rings. The summed E-state index contributed by atoms with van der Waals surface area (Å²) in [6.45, 7) is 9.63. The summed E-state index contributed by atoms with van der Waals surface area (Å²) in [5, 5.41) is 1.87. The van der Waals surface area contributed by atoms with Crippen LogP contribution in [-0.4, -0.2) is 28.2 Å². The minimum Gasteiger partial charge on any atom is -0.486 e. The van der Waals surface area contributed by atoms with Gasteiger partial charge < -0.3 is 9.40 Å². The summed E-state index contributed by atoms with van der Waals surface area (Å²) in [5.74, 6) is 6.70. The van der Waals surface area contributed by atoms with E-state index in [-0.39, 0.29) is 26.0 Å². The predicted octanol–water partition coefficient (Wildman–Crippen LogP) is 11.4. The van der Waals surface area contributed by atoms with Gasteiger partial charge in [0.2, 0.25) is 5.71 Å². The Morgan fingerprint density at radius 1 is 0.804 bits per heavy atom. The van der Waals surface area contributed by atoms with E-state index >= 15 is 0 Å². The van der Waals surface area contributed by atoms with Gasteiger partial charge in [-0.2, -0.15) is 0 Å². The Labute approximate surface area is 325 Å². The van der Waals surface area contributed by atoms with Gasteiger partial charge >= 0.3 is 135 Å². The summed E-state index contributed by atoms with van der Waals surface area (Å²) in [5.41, 5.74) is 7.07. The smallest absolute Gasteiger partial charge is 0.216 e. The molecule has 0 bridgehead atoms. The van der Waals surface area contributed by atoms with Crippen LogP contribution in [0.15, 0.2) is 114 Å². The van der Waals surface area contributed by atoms with Gasteiger partial charge in [0.05, 0.1) is 11.3 Å². The van der Waals surface area contributed by atoms with Crippen LogP contribution < -0.4 is 4.40 Å². The van der Waals surface area contributed by atoms with Crippen LogP contribution in [-0.2, 0) is 32.9 Å². The monoisotopic (exact) mass is 916 g/mol. The molecule has 0 amide bonds. The molecule has 7 rings (SSSR count). The first-order valence-electron chi connectivity index (χ1n) is 19.1. The van der Waals surface area contributed by atoms with E-state index in [1.807, 2.05) is 126 Å². The third-order valence-corrected chi connectivity index (χ3v) is 12.3. The molecule has 51 heavy (non-hydrogen) atoms. The zero-order chi connectivity index (χ0) is 39.1. The van der Waals surface area contributed by atoms with Crippen molar-refractivity contribution in [3.8, 4) is 33.8 Å². The molecule has 0 N–H and O–H groups in total. The molecule has 0 fully saturated rings. The fraction of sp³-hybridized carbons (Fsp3) is 0.267. The van der Waals surface area contributed by atoms with Crippen LogP contribution in [0.1, 0.15) is 51.2 Å². The van der Waals surface area contributed by atoms with Crippen molar-refractivity contribution in [2.24, 2.45) is 11.3 Å². The molecule has 6 heteroatoms. The Bertz CT molecular complexity index is 2400. The van der Waals surface area contributed by atoms with Gasteiger partial charge in [0.1, 0.15) is 0 Å². The third-order valence-electron chi connectivity index (χ3n) is 8.05. The number of aromatic nitrogens is 3. The summed E-state index contributed by atoms with van der Waals surface area (Å²) in [6.07, 6.45) is 0.694. The number of furan rings is 1. The van der Waals surface area contributed by atoms with E-state index in [2.05, 4.69) is 39.4 Å². The van der Waals surface area contributed by atoms with Crippen molar-refractivity contribution in [3.63, 3.8) is 0 Å². The number of hydrogen-bond donors (Lipinski definition) is 0. The summed E-state index contributed by atoms with van der Waals surface area (Å²) in [4.78, 5) is 13.8. The molecule has 0 spiro atoms. The molecular formula is C45H47GeIrN3O-2. The second-order valence-electron chi connectivity index (χ2n) is 14.9. The van der Waals surface area contributed by atoms with Gasteiger partial charge in [-0.3, -0.25) is 0 Å². The molecule has 3 aromatic carbocycles. The molecule has 263 valence electrons. The normalized spacial score (nSPS) is 13.4. The Kier molecular flexibility index (Phi) is 10.5. The van der Waals surface area contributed by atoms with Crippen molar-refractivity contribution in [2.45, 2.75) is 64.6 Å². The number of pyridine rings is 3. The van der Waals surface area contributed by atoms with E-state index < -0.39 is 31.4 Å². The average Bonchev–Trinajstić information content (AvgIpc) is 3.53. The maximum absolute atomic E-state index is 8.76. The molecule has 0 saturated carbocycles. The van der Waals surface area contributed by atoms with Gasteiger partial charge in [0.25, 0.3) is 0 Å². The summed E-state index contributed by atoms with van der Waals surface area (Å²) < 4.78 is 41.7. The van der Waals surface area contributed by atoms with E-state index in [0.29, 0.717) is 28.1 Å². The number of nitrogens with zero attached hydrogens (tertiary/aromatic N) is 3. The van der Waals surface area contributed by atoms with E-state index in [9.17, 15) is 0 Å². The van der Waals surface area contributed by atoms with Crippen LogP contribution in [0.2, 0.25) is 17.3 Å². The van der Waals surface area contributed by atoms with Crippen molar-refractivity contribution >= 4 is 39.7 Å². The molecule has 4 nitrogen and oxygen atoms in total. The average molecular weight is 915 g/mol. The minimum absolute atomic E-state index is 0. The van der Waals surface area contributed by atoms with Gasteiger partial charge in [0, 0.05) is 40.0 Å². The molecule has 0 unspecified atom stereocenters. The van der Waals surface area contributed by atoms with Crippen LogP contribution in [0.3, 0.4) is 0 Å². The fourth-order valence-corrected chi connectivity index (χ4v) is 8.76. The topological polar surface area (TPSA) is 51.8 Å². The molecule has 0 saturated heterocycles. The van der Waals surface area contributed by atoms with Gasteiger partial charge in [0.15, 0.2) is 0 Å². The van der Waals surface area contributed by atoms with Crippen LogP contribution >= 0.6 is 0 Å². The van der Waals surface area contributed by atoms with E-state index in [1.165, 1.54) is 0 Å². The molecular weight excluding hydrogens is 863 g/mol. The first-order valence-corrected chi connectivity index (χ1v) is 24.5. The van der Waals surface area contributed by atoms with Crippen LogP contribution in [0.5, 0.6) is 0 Å².